The molecule has 106 valence electrons. The van der Waals surface area contributed by atoms with Crippen molar-refractivity contribution in [2.45, 2.75) is 65.3 Å². The number of hydrogen-bond donors (Lipinski definition) is 2. The molecule has 1 aliphatic carbocycles. The minimum Gasteiger partial charge on any atom is -0.355 e. The number of carbonyl (C=O) groups excluding carboxylic acids is 1. The lowest BCUT2D eigenvalue weighted by molar-refractivity contribution is -0.125. The molecule has 0 aromatic carbocycles. The van der Waals surface area contributed by atoms with Gasteiger partial charge in [0, 0.05) is 25.0 Å². The van der Waals surface area contributed by atoms with Crippen LogP contribution in [0.5, 0.6) is 0 Å². The minimum absolute atomic E-state index is 0.114. The van der Waals surface area contributed by atoms with E-state index in [9.17, 15) is 4.79 Å². The van der Waals surface area contributed by atoms with Gasteiger partial charge < -0.3 is 10.6 Å². The first-order valence-electron chi connectivity index (χ1n) is 7.62. The summed E-state index contributed by atoms with van der Waals surface area (Å²) < 4.78 is 0. The summed E-state index contributed by atoms with van der Waals surface area (Å²) in [5.74, 6) is 0.718. The van der Waals surface area contributed by atoms with Gasteiger partial charge >= 0.3 is 0 Å². The van der Waals surface area contributed by atoms with Crippen LogP contribution < -0.4 is 10.6 Å². The largest absolute Gasteiger partial charge is 0.355 e. The van der Waals surface area contributed by atoms with Crippen LogP contribution in [0.3, 0.4) is 0 Å². The molecule has 1 unspecified atom stereocenters. The highest BCUT2D eigenvalue weighted by molar-refractivity contribution is 5.78. The standard InChI is InChI=1S/C15H30N2O/c1-12(2)13(3)15(18)17-11-10-16-14-8-6-4-5-7-9-14/h12-14,16H,4-11H2,1-3H3,(H,17,18). The maximum Gasteiger partial charge on any atom is 0.223 e. The third-order valence-corrected chi connectivity index (χ3v) is 4.13. The second kappa shape index (κ2) is 8.52. The molecule has 0 heterocycles. The normalized spacial score (nSPS) is 19.6. The van der Waals surface area contributed by atoms with Crippen molar-refractivity contribution >= 4 is 5.91 Å². The van der Waals surface area contributed by atoms with E-state index in [1.54, 1.807) is 0 Å². The third kappa shape index (κ3) is 5.85. The van der Waals surface area contributed by atoms with Gasteiger partial charge in [0.05, 0.1) is 0 Å². The van der Waals surface area contributed by atoms with E-state index >= 15 is 0 Å². The molecule has 3 nitrogen and oxygen atoms in total. The lowest BCUT2D eigenvalue weighted by atomic mass is 9.97. The molecule has 0 radical (unpaired) electrons. The molecule has 0 aromatic rings. The van der Waals surface area contributed by atoms with E-state index < -0.39 is 0 Å². The van der Waals surface area contributed by atoms with E-state index in [0.717, 1.165) is 13.1 Å². The van der Waals surface area contributed by atoms with Gasteiger partial charge in [-0.15, -0.1) is 0 Å². The van der Waals surface area contributed by atoms with Crippen LogP contribution in [0.15, 0.2) is 0 Å². The van der Waals surface area contributed by atoms with Crippen molar-refractivity contribution in [1.82, 2.24) is 10.6 Å². The van der Waals surface area contributed by atoms with E-state index in [4.69, 9.17) is 0 Å². The highest BCUT2D eigenvalue weighted by atomic mass is 16.1. The summed E-state index contributed by atoms with van der Waals surface area (Å²) >= 11 is 0. The lowest BCUT2D eigenvalue weighted by Crippen LogP contribution is -2.39. The predicted octanol–water partition coefficient (Wildman–Crippen LogP) is 2.71. The SMILES string of the molecule is CC(C)C(C)C(=O)NCCNC1CCCCCC1. The zero-order valence-corrected chi connectivity index (χ0v) is 12.3. The monoisotopic (exact) mass is 254 g/mol. The second-order valence-electron chi connectivity index (χ2n) is 5.97. The molecular weight excluding hydrogens is 224 g/mol. The van der Waals surface area contributed by atoms with Gasteiger partial charge in [-0.25, -0.2) is 0 Å². The van der Waals surface area contributed by atoms with Crippen LogP contribution >= 0.6 is 0 Å². The molecule has 0 aromatic heterocycles. The fourth-order valence-electron chi connectivity index (χ4n) is 2.41. The highest BCUT2D eigenvalue weighted by Crippen LogP contribution is 2.16. The predicted molar refractivity (Wildman–Crippen MR) is 76.5 cm³/mol. The first kappa shape index (κ1) is 15.5. The van der Waals surface area contributed by atoms with Gasteiger partial charge in [0.25, 0.3) is 0 Å². The Labute approximate surface area is 112 Å². The first-order valence-corrected chi connectivity index (χ1v) is 7.62. The van der Waals surface area contributed by atoms with Crippen molar-refractivity contribution in [2.24, 2.45) is 11.8 Å². The molecular formula is C15H30N2O. The van der Waals surface area contributed by atoms with Crippen molar-refractivity contribution < 1.29 is 4.79 Å². The van der Waals surface area contributed by atoms with Gasteiger partial charge in [0.15, 0.2) is 0 Å². The topological polar surface area (TPSA) is 41.1 Å². The average Bonchev–Trinajstić information content (AvgIpc) is 2.61. The van der Waals surface area contributed by atoms with Crippen molar-refractivity contribution in [2.75, 3.05) is 13.1 Å². The van der Waals surface area contributed by atoms with Crippen LogP contribution in [0.25, 0.3) is 0 Å². The van der Waals surface area contributed by atoms with Gasteiger partial charge in [-0.3, -0.25) is 4.79 Å². The number of rotatable bonds is 6. The van der Waals surface area contributed by atoms with Gasteiger partial charge in [0.2, 0.25) is 5.91 Å². The summed E-state index contributed by atoms with van der Waals surface area (Å²) in [7, 11) is 0. The van der Waals surface area contributed by atoms with Crippen LogP contribution in [0, 0.1) is 11.8 Å². The zero-order chi connectivity index (χ0) is 13.4. The van der Waals surface area contributed by atoms with E-state index in [0.29, 0.717) is 12.0 Å². The number of hydrogen-bond acceptors (Lipinski definition) is 2. The van der Waals surface area contributed by atoms with Crippen LogP contribution in [-0.2, 0) is 4.79 Å². The number of nitrogens with one attached hydrogen (secondary N) is 2. The third-order valence-electron chi connectivity index (χ3n) is 4.13. The van der Waals surface area contributed by atoms with Crippen molar-refractivity contribution in [3.05, 3.63) is 0 Å². The maximum atomic E-state index is 11.8. The Hall–Kier alpha value is -0.570. The Bertz CT molecular complexity index is 233. The van der Waals surface area contributed by atoms with Crippen LogP contribution in [0.1, 0.15) is 59.3 Å². The van der Waals surface area contributed by atoms with E-state index in [1.807, 2.05) is 6.92 Å². The van der Waals surface area contributed by atoms with E-state index in [-0.39, 0.29) is 11.8 Å². The van der Waals surface area contributed by atoms with Gasteiger partial charge in [-0.2, -0.15) is 0 Å². The Morgan fingerprint density at radius 1 is 1.06 bits per heavy atom. The van der Waals surface area contributed by atoms with E-state index in [2.05, 4.69) is 24.5 Å². The molecule has 1 atom stereocenters. The lowest BCUT2D eigenvalue weighted by Gasteiger charge is -2.18. The summed E-state index contributed by atoms with van der Waals surface area (Å²) in [4.78, 5) is 11.8. The van der Waals surface area contributed by atoms with Crippen LogP contribution in [0.2, 0.25) is 0 Å². The van der Waals surface area contributed by atoms with Crippen LogP contribution in [-0.4, -0.2) is 25.0 Å². The molecule has 0 spiro atoms. The summed E-state index contributed by atoms with van der Waals surface area (Å²) in [6.45, 7) is 7.84. The number of amides is 1. The maximum absolute atomic E-state index is 11.8. The fourth-order valence-corrected chi connectivity index (χ4v) is 2.41. The highest BCUT2D eigenvalue weighted by Gasteiger charge is 2.16. The molecule has 2 N–H and O–H groups in total. The molecule has 1 fully saturated rings. The minimum atomic E-state index is 0.114. The summed E-state index contributed by atoms with van der Waals surface area (Å²) in [6.07, 6.45) is 8.09. The Morgan fingerprint density at radius 2 is 1.67 bits per heavy atom. The van der Waals surface area contributed by atoms with Crippen molar-refractivity contribution in [1.29, 1.82) is 0 Å². The molecule has 18 heavy (non-hydrogen) atoms. The van der Waals surface area contributed by atoms with E-state index in [1.165, 1.54) is 38.5 Å². The molecule has 1 amide bonds. The molecule has 0 aliphatic heterocycles. The Kier molecular flexibility index (Phi) is 7.33. The Balaban J connectivity index is 2.08. The molecule has 3 heteroatoms. The molecule has 0 bridgehead atoms. The Morgan fingerprint density at radius 3 is 2.22 bits per heavy atom. The molecule has 1 rings (SSSR count). The zero-order valence-electron chi connectivity index (χ0n) is 12.3. The second-order valence-corrected chi connectivity index (χ2v) is 5.97. The summed E-state index contributed by atoms with van der Waals surface area (Å²) in [5.41, 5.74) is 0. The summed E-state index contributed by atoms with van der Waals surface area (Å²) in [5, 5.41) is 6.59. The molecule has 0 saturated heterocycles. The number of carbonyl (C=O) groups is 1. The van der Waals surface area contributed by atoms with Crippen LogP contribution in [0.4, 0.5) is 0 Å². The molecule has 1 aliphatic rings. The quantitative estimate of drug-likeness (QED) is 0.565. The average molecular weight is 254 g/mol. The fraction of sp³-hybridized carbons (Fsp3) is 0.933. The first-order chi connectivity index (χ1) is 8.61. The molecule has 1 saturated carbocycles. The van der Waals surface area contributed by atoms with Crippen molar-refractivity contribution in [3.8, 4) is 0 Å². The van der Waals surface area contributed by atoms with Gasteiger partial charge in [0.1, 0.15) is 0 Å². The smallest absolute Gasteiger partial charge is 0.223 e. The van der Waals surface area contributed by atoms with Gasteiger partial charge in [-0.05, 0) is 18.8 Å². The summed E-state index contributed by atoms with van der Waals surface area (Å²) in [6, 6.07) is 0.673. The van der Waals surface area contributed by atoms with Gasteiger partial charge in [-0.1, -0.05) is 46.5 Å². The van der Waals surface area contributed by atoms with Crippen molar-refractivity contribution in [3.63, 3.8) is 0 Å².